The van der Waals surface area contributed by atoms with E-state index in [2.05, 4.69) is 20.2 Å². The molecule has 0 radical (unpaired) electrons. The molecule has 0 saturated heterocycles. The summed E-state index contributed by atoms with van der Waals surface area (Å²) in [5, 5.41) is 11.9. The maximum atomic E-state index is 15.7. The molecule has 12 nitrogen and oxygen atoms in total. The number of hydrogen-bond acceptors (Lipinski definition) is 7. The Balaban J connectivity index is 1.46. The van der Waals surface area contributed by atoms with E-state index in [1.807, 2.05) is 6.07 Å². The summed E-state index contributed by atoms with van der Waals surface area (Å²) in [7, 11) is 1.35. The molecule has 2 N–H and O–H groups in total. The molecule has 2 unspecified atom stereocenters. The van der Waals surface area contributed by atoms with Crippen molar-refractivity contribution in [3.63, 3.8) is 0 Å². The number of aromatic nitrogens is 6. The minimum absolute atomic E-state index is 0.0809. The van der Waals surface area contributed by atoms with Gasteiger partial charge in [0.05, 0.1) is 46.0 Å². The molecule has 1 aliphatic rings. The van der Waals surface area contributed by atoms with Crippen molar-refractivity contribution >= 4 is 56.1 Å². The summed E-state index contributed by atoms with van der Waals surface area (Å²) in [6.07, 6.45) is 4.90. The van der Waals surface area contributed by atoms with Crippen LogP contribution in [0.1, 0.15) is 41.9 Å². The third kappa shape index (κ3) is 6.80. The van der Waals surface area contributed by atoms with Crippen LogP contribution in [-0.4, -0.2) is 52.6 Å². The maximum absolute atomic E-state index is 15.7. The molecule has 0 aliphatic heterocycles. The van der Waals surface area contributed by atoms with E-state index in [-0.39, 0.29) is 63.1 Å². The highest BCUT2D eigenvalue weighted by molar-refractivity contribution is 7.85. The van der Waals surface area contributed by atoms with Gasteiger partial charge < -0.3 is 10.1 Å². The molecule has 0 spiro atoms. The molecule has 0 bridgehead atoms. The number of nitrogens with one attached hydrogen (secondary N) is 2. The van der Waals surface area contributed by atoms with E-state index >= 15 is 4.39 Å². The minimum atomic E-state index is -1.55. The number of fused-ring (bicyclic) bond motifs is 2. The summed E-state index contributed by atoms with van der Waals surface area (Å²) < 4.78 is 68.8. The Morgan fingerprint density at radius 2 is 1.82 bits per heavy atom. The van der Waals surface area contributed by atoms with E-state index in [1.165, 1.54) is 40.9 Å². The average molecular weight is 739 g/mol. The summed E-state index contributed by atoms with van der Waals surface area (Å²) >= 11 is 6.62. The van der Waals surface area contributed by atoms with Gasteiger partial charge in [-0.2, -0.15) is 10.2 Å². The molecule has 3 aromatic carbocycles. The van der Waals surface area contributed by atoms with E-state index in [9.17, 15) is 22.6 Å². The molecule has 7 rings (SSSR count). The van der Waals surface area contributed by atoms with Crippen LogP contribution in [0.4, 0.5) is 19.0 Å². The number of hydrogen-bond donors (Lipinski definition) is 2. The first-order valence-corrected chi connectivity index (χ1v) is 17.7. The first-order valence-electron chi connectivity index (χ1n) is 15.7. The summed E-state index contributed by atoms with van der Waals surface area (Å²) in [6.45, 7) is -0.211. The van der Waals surface area contributed by atoms with Crippen LogP contribution in [0.3, 0.4) is 0 Å². The van der Waals surface area contributed by atoms with Crippen molar-refractivity contribution in [2.75, 3.05) is 18.1 Å². The molecule has 3 aromatic heterocycles. The van der Waals surface area contributed by atoms with Crippen LogP contribution in [0, 0.1) is 17.5 Å². The first-order chi connectivity index (χ1) is 24.4. The Bertz CT molecular complexity index is 2420. The van der Waals surface area contributed by atoms with Gasteiger partial charge in [-0.25, -0.2) is 22.4 Å². The van der Waals surface area contributed by atoms with Gasteiger partial charge in [0, 0.05) is 50.0 Å². The highest BCUT2D eigenvalue weighted by Crippen LogP contribution is 2.39. The van der Waals surface area contributed by atoms with Gasteiger partial charge in [-0.05, 0) is 48.7 Å². The number of amides is 1. The maximum Gasteiger partial charge on any atom is 0.269 e. The van der Waals surface area contributed by atoms with Crippen LogP contribution in [0.15, 0.2) is 59.5 Å². The monoisotopic (exact) mass is 738 g/mol. The molecule has 51 heavy (non-hydrogen) atoms. The quantitative estimate of drug-likeness (QED) is 0.186. The van der Waals surface area contributed by atoms with Crippen LogP contribution in [-0.2, 0) is 35.8 Å². The van der Waals surface area contributed by atoms with Gasteiger partial charge in [-0.1, -0.05) is 11.6 Å². The Morgan fingerprint density at radius 3 is 2.51 bits per heavy atom. The highest BCUT2D eigenvalue weighted by Gasteiger charge is 2.29. The standard InChI is InChI=1S/C34H30ClF3N8O4S/c1-44-31-27(7-6-22(35)29(31)32(42-44)43-51(3)49)46-33(40-25-15-21(50-2)14-23(38)30(25)34(46)48)26(12-17-10-19(36)13-20(37)11-17)39-28(47)16-45-9-8-24(41-45)18-4-5-18/h6-11,13-15,18,26H,4-5,12,16H2,1-3H3,(H,39,47)(H,42,43). The van der Waals surface area contributed by atoms with Gasteiger partial charge in [-0.15, -0.1) is 0 Å². The molecular formula is C34H30ClF3N8O4S. The Hall–Kier alpha value is -5.22. The number of anilines is 1. The van der Waals surface area contributed by atoms with E-state index in [4.69, 9.17) is 21.3 Å². The SMILES string of the molecule is COc1cc(F)c2c(=O)n(-c3ccc(Cl)c4c(NS(C)=O)nn(C)c34)c(C(Cc3cc(F)cc(F)c3)NC(=O)Cn3ccc(C4CC4)n3)nc2c1. The first kappa shape index (κ1) is 34.2. The summed E-state index contributed by atoms with van der Waals surface area (Å²) in [5.41, 5.74) is 0.477. The van der Waals surface area contributed by atoms with Gasteiger partial charge in [0.15, 0.2) is 5.82 Å². The zero-order valence-electron chi connectivity index (χ0n) is 27.4. The van der Waals surface area contributed by atoms with Gasteiger partial charge >= 0.3 is 0 Å². The van der Waals surface area contributed by atoms with Gasteiger partial charge in [0.2, 0.25) is 5.91 Å². The smallest absolute Gasteiger partial charge is 0.269 e. The lowest BCUT2D eigenvalue weighted by molar-refractivity contribution is -0.122. The van der Waals surface area contributed by atoms with Crippen LogP contribution in [0.2, 0.25) is 5.02 Å². The number of carbonyl (C=O) groups excluding carboxylic acids is 1. The normalized spacial score (nSPS) is 14.2. The third-order valence-electron chi connectivity index (χ3n) is 8.53. The lowest BCUT2D eigenvalue weighted by Gasteiger charge is -2.24. The molecule has 1 amide bonds. The molecule has 3 heterocycles. The fourth-order valence-corrected chi connectivity index (χ4v) is 6.87. The van der Waals surface area contributed by atoms with Crippen molar-refractivity contribution in [2.45, 2.75) is 37.8 Å². The minimum Gasteiger partial charge on any atom is -0.497 e. The summed E-state index contributed by atoms with van der Waals surface area (Å²) in [6, 6.07) is 8.96. The summed E-state index contributed by atoms with van der Waals surface area (Å²) in [5.74, 6) is -2.67. The predicted molar refractivity (Wildman–Crippen MR) is 186 cm³/mol. The van der Waals surface area contributed by atoms with E-state index in [0.29, 0.717) is 17.4 Å². The van der Waals surface area contributed by atoms with Crippen molar-refractivity contribution in [3.8, 4) is 11.4 Å². The Morgan fingerprint density at radius 1 is 1.08 bits per heavy atom. The summed E-state index contributed by atoms with van der Waals surface area (Å²) in [4.78, 5) is 33.0. The Labute approximate surface area is 295 Å². The van der Waals surface area contributed by atoms with Crippen molar-refractivity contribution in [3.05, 3.63) is 105 Å². The number of nitrogens with zero attached hydrogens (tertiary/aromatic N) is 6. The molecule has 2 atom stereocenters. The fraction of sp³-hybridized carbons (Fsp3) is 0.265. The van der Waals surface area contributed by atoms with Gasteiger partial charge in [0.1, 0.15) is 51.9 Å². The van der Waals surface area contributed by atoms with Gasteiger partial charge in [0.25, 0.3) is 5.56 Å². The van der Waals surface area contributed by atoms with Crippen molar-refractivity contribution < 1.29 is 26.9 Å². The average Bonchev–Trinajstić information content (AvgIpc) is 3.72. The van der Waals surface area contributed by atoms with Crippen molar-refractivity contribution in [1.29, 1.82) is 0 Å². The highest BCUT2D eigenvalue weighted by atomic mass is 35.5. The molecule has 6 aromatic rings. The zero-order chi connectivity index (χ0) is 36.1. The number of methoxy groups -OCH3 is 1. The van der Waals surface area contributed by atoms with Crippen molar-refractivity contribution in [1.82, 2.24) is 34.4 Å². The molecule has 1 aliphatic carbocycles. The number of aryl methyl sites for hydroxylation is 1. The Kier molecular flexibility index (Phi) is 9.05. The third-order valence-corrected chi connectivity index (χ3v) is 9.32. The second kappa shape index (κ2) is 13.5. The van der Waals surface area contributed by atoms with Crippen LogP contribution < -0.4 is 20.3 Å². The van der Waals surface area contributed by atoms with Gasteiger partial charge in [-0.3, -0.25) is 28.2 Å². The fourth-order valence-electron chi connectivity index (χ4n) is 6.21. The van der Waals surface area contributed by atoms with E-state index < -0.39 is 45.9 Å². The molecule has 1 fully saturated rings. The lowest BCUT2D eigenvalue weighted by atomic mass is 10.0. The zero-order valence-corrected chi connectivity index (χ0v) is 29.0. The topological polar surface area (TPSA) is 138 Å². The van der Waals surface area contributed by atoms with Crippen LogP contribution in [0.5, 0.6) is 5.75 Å². The number of halogens is 4. The predicted octanol–water partition coefficient (Wildman–Crippen LogP) is 5.23. The second-order valence-corrected chi connectivity index (χ2v) is 13.8. The lowest BCUT2D eigenvalue weighted by Crippen LogP contribution is -2.37. The second-order valence-electron chi connectivity index (χ2n) is 12.2. The number of carbonyl (C=O) groups is 1. The molecular weight excluding hydrogens is 709 g/mol. The molecule has 264 valence electrons. The van der Waals surface area contributed by atoms with Crippen molar-refractivity contribution in [2.24, 2.45) is 7.05 Å². The number of benzene rings is 3. The number of rotatable bonds is 11. The van der Waals surface area contributed by atoms with E-state index in [0.717, 1.165) is 41.3 Å². The molecule has 17 heteroatoms. The molecule has 1 saturated carbocycles. The van der Waals surface area contributed by atoms with E-state index in [1.54, 1.807) is 13.2 Å². The van der Waals surface area contributed by atoms with Crippen LogP contribution >= 0.6 is 11.6 Å². The number of ether oxygens (including phenoxy) is 1. The largest absolute Gasteiger partial charge is 0.497 e. The van der Waals surface area contributed by atoms with Crippen LogP contribution in [0.25, 0.3) is 27.5 Å².